The Bertz CT molecular complexity index is 398. The van der Waals surface area contributed by atoms with Crippen LogP contribution in [0.15, 0.2) is 24.3 Å². The topological polar surface area (TPSA) is 21.3 Å². The maximum Gasteiger partial charge on any atom is 0.0724 e. The van der Waals surface area contributed by atoms with E-state index in [0.29, 0.717) is 12.5 Å². The average Bonchev–Trinajstić information content (AvgIpc) is 2.38. The highest BCUT2D eigenvalue weighted by Gasteiger charge is 2.37. The van der Waals surface area contributed by atoms with Crippen LogP contribution in [0.1, 0.15) is 45.1 Å². The molecule has 1 saturated carbocycles. The van der Waals surface area contributed by atoms with Crippen LogP contribution >= 0.6 is 11.6 Å². The molecule has 20 heavy (non-hydrogen) atoms. The van der Waals surface area contributed by atoms with Crippen molar-refractivity contribution >= 4 is 11.6 Å². The Morgan fingerprint density at radius 3 is 2.50 bits per heavy atom. The number of halogens is 1. The van der Waals surface area contributed by atoms with Gasteiger partial charge in [-0.15, -0.1) is 0 Å². The summed E-state index contributed by atoms with van der Waals surface area (Å²) in [7, 11) is 0. The van der Waals surface area contributed by atoms with Crippen molar-refractivity contribution in [2.45, 2.75) is 51.7 Å². The van der Waals surface area contributed by atoms with Gasteiger partial charge in [0.2, 0.25) is 0 Å². The lowest BCUT2D eigenvalue weighted by atomic mass is 9.77. The zero-order valence-electron chi connectivity index (χ0n) is 12.6. The van der Waals surface area contributed by atoms with Gasteiger partial charge in [0.25, 0.3) is 0 Å². The molecule has 0 radical (unpaired) electrons. The second kappa shape index (κ2) is 7.44. The summed E-state index contributed by atoms with van der Waals surface area (Å²) in [6.45, 7) is 7.32. The van der Waals surface area contributed by atoms with E-state index in [2.05, 4.69) is 19.2 Å². The van der Waals surface area contributed by atoms with E-state index in [0.717, 1.165) is 24.5 Å². The number of hydrogen-bond donors (Lipinski definition) is 1. The summed E-state index contributed by atoms with van der Waals surface area (Å²) >= 11 is 5.90. The van der Waals surface area contributed by atoms with E-state index in [1.54, 1.807) is 0 Å². The van der Waals surface area contributed by atoms with Crippen molar-refractivity contribution in [3.05, 3.63) is 34.9 Å². The summed E-state index contributed by atoms with van der Waals surface area (Å²) in [4.78, 5) is 0. The molecule has 0 aromatic heterocycles. The first-order chi connectivity index (χ1) is 9.60. The smallest absolute Gasteiger partial charge is 0.0724 e. The van der Waals surface area contributed by atoms with Gasteiger partial charge in [0.05, 0.1) is 12.2 Å². The van der Waals surface area contributed by atoms with Gasteiger partial charge in [-0.1, -0.05) is 37.6 Å². The molecule has 1 fully saturated rings. The molecule has 112 valence electrons. The molecule has 0 spiro atoms. The fraction of sp³-hybridized carbons (Fsp3) is 0.647. The number of rotatable bonds is 8. The van der Waals surface area contributed by atoms with Crippen LogP contribution in [0.3, 0.4) is 0 Å². The molecule has 0 amide bonds. The predicted octanol–water partition coefficient (Wildman–Crippen LogP) is 4.42. The van der Waals surface area contributed by atoms with Crippen molar-refractivity contribution in [1.82, 2.24) is 5.32 Å². The molecule has 0 heterocycles. The second-order valence-corrected chi connectivity index (χ2v) is 6.74. The molecule has 1 aliphatic carbocycles. The van der Waals surface area contributed by atoms with Crippen molar-refractivity contribution < 1.29 is 4.74 Å². The Balaban J connectivity index is 1.75. The first kappa shape index (κ1) is 15.8. The van der Waals surface area contributed by atoms with Crippen molar-refractivity contribution in [3.63, 3.8) is 0 Å². The van der Waals surface area contributed by atoms with Gasteiger partial charge in [0.1, 0.15) is 0 Å². The lowest BCUT2D eigenvalue weighted by Gasteiger charge is -2.42. The minimum absolute atomic E-state index is 0.115. The Labute approximate surface area is 127 Å². The van der Waals surface area contributed by atoms with E-state index in [1.165, 1.54) is 24.8 Å². The van der Waals surface area contributed by atoms with E-state index in [1.807, 2.05) is 24.3 Å². The van der Waals surface area contributed by atoms with Crippen molar-refractivity contribution in [1.29, 1.82) is 0 Å². The molecule has 1 aromatic rings. The zero-order chi connectivity index (χ0) is 14.4. The fourth-order valence-electron chi connectivity index (χ4n) is 2.56. The third kappa shape index (κ3) is 4.76. The Kier molecular flexibility index (Phi) is 5.88. The highest BCUT2D eigenvalue weighted by atomic mass is 35.5. The van der Waals surface area contributed by atoms with Crippen LogP contribution < -0.4 is 5.32 Å². The van der Waals surface area contributed by atoms with Crippen molar-refractivity contribution in [2.75, 3.05) is 13.1 Å². The Morgan fingerprint density at radius 2 is 1.95 bits per heavy atom. The van der Waals surface area contributed by atoms with Gasteiger partial charge in [-0.2, -0.15) is 0 Å². The molecule has 2 nitrogen and oxygen atoms in total. The first-order valence-corrected chi connectivity index (χ1v) is 8.07. The van der Waals surface area contributed by atoms with Crippen LogP contribution in [-0.2, 0) is 11.3 Å². The lowest BCUT2D eigenvalue weighted by Crippen LogP contribution is -2.42. The quantitative estimate of drug-likeness (QED) is 0.717. The van der Waals surface area contributed by atoms with Crippen LogP contribution in [0.5, 0.6) is 0 Å². The van der Waals surface area contributed by atoms with Gasteiger partial charge in [-0.3, -0.25) is 0 Å². The van der Waals surface area contributed by atoms with Crippen LogP contribution in [0, 0.1) is 5.92 Å². The molecule has 0 saturated heterocycles. The summed E-state index contributed by atoms with van der Waals surface area (Å²) in [6.07, 6.45) is 4.81. The van der Waals surface area contributed by atoms with Crippen LogP contribution in [0.25, 0.3) is 0 Å². The zero-order valence-corrected chi connectivity index (χ0v) is 13.4. The predicted molar refractivity (Wildman–Crippen MR) is 85.1 cm³/mol. The molecular formula is C17H26ClNO. The van der Waals surface area contributed by atoms with E-state index in [9.17, 15) is 0 Å². The molecule has 3 heteroatoms. The monoisotopic (exact) mass is 295 g/mol. The van der Waals surface area contributed by atoms with Crippen molar-refractivity contribution in [3.8, 4) is 0 Å². The summed E-state index contributed by atoms with van der Waals surface area (Å²) in [5.41, 5.74) is 1.32. The molecular weight excluding hydrogens is 270 g/mol. The molecule has 0 atom stereocenters. The number of benzene rings is 1. The van der Waals surface area contributed by atoms with Gasteiger partial charge in [0.15, 0.2) is 0 Å². The van der Waals surface area contributed by atoms with E-state index < -0.39 is 0 Å². The molecule has 0 unspecified atom stereocenters. The average molecular weight is 296 g/mol. The Hall–Kier alpha value is -0.570. The summed E-state index contributed by atoms with van der Waals surface area (Å²) in [5.74, 6) is 0.710. The molecule has 1 aliphatic rings. The SMILES string of the molecule is CC(C)CNCCC1(OCc2ccc(Cl)cc2)CCC1. The number of nitrogens with one attached hydrogen (secondary N) is 1. The van der Waals surface area contributed by atoms with E-state index in [-0.39, 0.29) is 5.60 Å². The Morgan fingerprint density at radius 1 is 1.25 bits per heavy atom. The summed E-state index contributed by atoms with van der Waals surface area (Å²) in [6, 6.07) is 7.95. The standard InChI is InChI=1S/C17H26ClNO/c1-14(2)12-19-11-10-17(8-3-9-17)20-13-15-4-6-16(18)7-5-15/h4-7,14,19H,3,8-13H2,1-2H3. The van der Waals surface area contributed by atoms with Gasteiger partial charge in [-0.25, -0.2) is 0 Å². The number of ether oxygens (including phenoxy) is 1. The molecule has 2 rings (SSSR count). The van der Waals surface area contributed by atoms with Gasteiger partial charge in [0, 0.05) is 5.02 Å². The third-order valence-corrected chi connectivity index (χ3v) is 4.29. The van der Waals surface area contributed by atoms with Crippen LogP contribution in [0.2, 0.25) is 5.02 Å². The molecule has 0 aliphatic heterocycles. The molecule has 0 bridgehead atoms. The first-order valence-electron chi connectivity index (χ1n) is 7.69. The minimum atomic E-state index is 0.115. The maximum absolute atomic E-state index is 6.22. The van der Waals surface area contributed by atoms with Crippen LogP contribution in [0.4, 0.5) is 0 Å². The van der Waals surface area contributed by atoms with E-state index in [4.69, 9.17) is 16.3 Å². The highest BCUT2D eigenvalue weighted by molar-refractivity contribution is 6.30. The normalized spacial score (nSPS) is 17.2. The lowest BCUT2D eigenvalue weighted by molar-refractivity contribution is -0.114. The summed E-state index contributed by atoms with van der Waals surface area (Å²) < 4.78 is 6.22. The molecule has 1 N–H and O–H groups in total. The van der Waals surface area contributed by atoms with Gasteiger partial charge < -0.3 is 10.1 Å². The van der Waals surface area contributed by atoms with Gasteiger partial charge in [-0.05, 0) is 62.4 Å². The largest absolute Gasteiger partial charge is 0.370 e. The maximum atomic E-state index is 6.22. The van der Waals surface area contributed by atoms with Gasteiger partial charge >= 0.3 is 0 Å². The fourth-order valence-corrected chi connectivity index (χ4v) is 2.69. The minimum Gasteiger partial charge on any atom is -0.370 e. The van der Waals surface area contributed by atoms with Crippen molar-refractivity contribution in [2.24, 2.45) is 5.92 Å². The number of hydrogen-bond acceptors (Lipinski definition) is 2. The van der Waals surface area contributed by atoms with E-state index >= 15 is 0 Å². The second-order valence-electron chi connectivity index (χ2n) is 6.30. The summed E-state index contributed by atoms with van der Waals surface area (Å²) in [5, 5.41) is 4.30. The van der Waals surface area contributed by atoms with Crippen LogP contribution in [-0.4, -0.2) is 18.7 Å². The third-order valence-electron chi connectivity index (χ3n) is 4.03. The highest BCUT2D eigenvalue weighted by Crippen LogP contribution is 2.39. The molecule has 1 aromatic carbocycles.